The van der Waals surface area contributed by atoms with E-state index in [1.54, 1.807) is 26.0 Å². The average molecular weight is 352 g/mol. The predicted molar refractivity (Wildman–Crippen MR) is 92.3 cm³/mol. The second-order valence-electron chi connectivity index (χ2n) is 5.68. The average Bonchev–Trinajstić information content (AvgIpc) is 2.73. The summed E-state index contributed by atoms with van der Waals surface area (Å²) in [4.78, 5) is 1.13. The van der Waals surface area contributed by atoms with Crippen molar-refractivity contribution in [2.45, 2.75) is 34.7 Å². The first-order chi connectivity index (χ1) is 11.8. The number of benzene rings is 1. The molecule has 6 heteroatoms. The first kappa shape index (κ1) is 17.9. The van der Waals surface area contributed by atoms with Crippen LogP contribution in [0.4, 0.5) is 0 Å². The molecule has 5 atom stereocenters. The molecule has 0 N–H and O–H groups in total. The van der Waals surface area contributed by atoms with Gasteiger partial charge in [0.05, 0.1) is 19.8 Å². The van der Waals surface area contributed by atoms with E-state index in [9.17, 15) is 0 Å². The SMILES string of the molecule is CO[C@@H]1[C@@H](OC)[C@H](Sc2ccccc2)O[C@@H]2COCC=CCO[C@@H]12. The highest BCUT2D eigenvalue weighted by Gasteiger charge is 2.47. The van der Waals surface area contributed by atoms with Gasteiger partial charge in [-0.15, -0.1) is 0 Å². The third-order valence-electron chi connectivity index (χ3n) is 4.18. The van der Waals surface area contributed by atoms with Crippen LogP contribution in [0.5, 0.6) is 0 Å². The fraction of sp³-hybridized carbons (Fsp3) is 0.556. The Morgan fingerprint density at radius 3 is 2.50 bits per heavy atom. The highest BCUT2D eigenvalue weighted by atomic mass is 32.2. The molecular weight excluding hydrogens is 328 g/mol. The van der Waals surface area contributed by atoms with Crippen molar-refractivity contribution in [3.05, 3.63) is 42.5 Å². The molecule has 2 aliphatic heterocycles. The van der Waals surface area contributed by atoms with Crippen LogP contribution in [0.15, 0.2) is 47.4 Å². The molecule has 5 nitrogen and oxygen atoms in total. The Morgan fingerprint density at radius 1 is 1.00 bits per heavy atom. The van der Waals surface area contributed by atoms with E-state index in [1.807, 2.05) is 30.4 Å². The van der Waals surface area contributed by atoms with Gasteiger partial charge in [-0.25, -0.2) is 0 Å². The van der Waals surface area contributed by atoms with Crippen molar-refractivity contribution in [1.82, 2.24) is 0 Å². The van der Waals surface area contributed by atoms with Crippen LogP contribution in [0.3, 0.4) is 0 Å². The van der Waals surface area contributed by atoms with E-state index in [1.165, 1.54) is 0 Å². The second kappa shape index (κ2) is 8.99. The molecular formula is C18H24O5S. The summed E-state index contributed by atoms with van der Waals surface area (Å²) in [5, 5.41) is 0. The first-order valence-electron chi connectivity index (χ1n) is 8.10. The molecule has 0 spiro atoms. The summed E-state index contributed by atoms with van der Waals surface area (Å²) < 4.78 is 29.5. The molecule has 0 aromatic heterocycles. The summed E-state index contributed by atoms with van der Waals surface area (Å²) in [5.74, 6) is 0. The van der Waals surface area contributed by atoms with Crippen LogP contribution in [0.2, 0.25) is 0 Å². The van der Waals surface area contributed by atoms with Crippen LogP contribution < -0.4 is 0 Å². The molecule has 132 valence electrons. The van der Waals surface area contributed by atoms with Gasteiger partial charge in [0, 0.05) is 19.1 Å². The van der Waals surface area contributed by atoms with Crippen LogP contribution >= 0.6 is 11.8 Å². The Hall–Kier alpha value is -0.890. The second-order valence-corrected chi connectivity index (χ2v) is 6.85. The third kappa shape index (κ3) is 4.20. The molecule has 1 fully saturated rings. The third-order valence-corrected chi connectivity index (χ3v) is 5.33. The van der Waals surface area contributed by atoms with Crippen LogP contribution in [-0.4, -0.2) is 63.9 Å². The molecule has 0 bridgehead atoms. The van der Waals surface area contributed by atoms with E-state index in [0.29, 0.717) is 19.8 Å². The molecule has 0 unspecified atom stereocenters. The van der Waals surface area contributed by atoms with Gasteiger partial charge in [-0.05, 0) is 12.1 Å². The van der Waals surface area contributed by atoms with Gasteiger partial charge in [-0.1, -0.05) is 42.1 Å². The van der Waals surface area contributed by atoms with Crippen LogP contribution in [0.1, 0.15) is 0 Å². The molecule has 0 radical (unpaired) electrons. The van der Waals surface area contributed by atoms with Crippen LogP contribution in [0, 0.1) is 0 Å². The van der Waals surface area contributed by atoms with Crippen molar-refractivity contribution in [2.24, 2.45) is 0 Å². The minimum absolute atomic E-state index is 0.190. The molecule has 1 aromatic carbocycles. The largest absolute Gasteiger partial charge is 0.376 e. The topological polar surface area (TPSA) is 46.2 Å². The quantitative estimate of drug-likeness (QED) is 0.776. The van der Waals surface area contributed by atoms with Crippen molar-refractivity contribution >= 4 is 11.8 Å². The number of rotatable bonds is 4. The van der Waals surface area contributed by atoms with Gasteiger partial charge < -0.3 is 23.7 Å². The summed E-state index contributed by atoms with van der Waals surface area (Å²) in [6.07, 6.45) is 3.05. The Bertz CT molecular complexity index is 523. The zero-order chi connectivity index (χ0) is 16.8. The number of methoxy groups -OCH3 is 2. The van der Waals surface area contributed by atoms with Gasteiger partial charge in [0.2, 0.25) is 0 Å². The summed E-state index contributed by atoms with van der Waals surface area (Å²) >= 11 is 1.64. The molecule has 2 aliphatic rings. The highest BCUT2D eigenvalue weighted by Crippen LogP contribution is 2.36. The van der Waals surface area contributed by atoms with Crippen LogP contribution in [0.25, 0.3) is 0 Å². The standard InChI is InChI=1S/C18H24O5S/c1-19-16-15-14(12-21-10-6-7-11-22-15)23-18(17(16)20-2)24-13-8-4-3-5-9-13/h3-9,14-18H,10-12H2,1-2H3/t14-,15-,16+,17-,18+/m1/s1. The minimum atomic E-state index is -0.230. The van der Waals surface area contributed by atoms with Gasteiger partial charge in [-0.3, -0.25) is 0 Å². The van der Waals surface area contributed by atoms with E-state index in [2.05, 4.69) is 12.1 Å². The molecule has 3 rings (SSSR count). The van der Waals surface area contributed by atoms with E-state index >= 15 is 0 Å². The lowest BCUT2D eigenvalue weighted by Gasteiger charge is -2.44. The van der Waals surface area contributed by atoms with E-state index in [-0.39, 0.29) is 29.9 Å². The highest BCUT2D eigenvalue weighted by molar-refractivity contribution is 7.99. The summed E-state index contributed by atoms with van der Waals surface area (Å²) in [6.45, 7) is 1.55. The summed E-state index contributed by atoms with van der Waals surface area (Å²) in [5.41, 5.74) is -0.190. The van der Waals surface area contributed by atoms with Crippen molar-refractivity contribution in [3.8, 4) is 0 Å². The summed E-state index contributed by atoms with van der Waals surface area (Å²) in [6, 6.07) is 10.2. The van der Waals surface area contributed by atoms with Crippen molar-refractivity contribution in [3.63, 3.8) is 0 Å². The Labute approximate surface area is 147 Å². The summed E-state index contributed by atoms with van der Waals surface area (Å²) in [7, 11) is 3.38. The molecule has 0 amide bonds. The van der Waals surface area contributed by atoms with Crippen molar-refractivity contribution < 1.29 is 23.7 Å². The minimum Gasteiger partial charge on any atom is -0.376 e. The lowest BCUT2D eigenvalue weighted by Crippen LogP contribution is -2.59. The molecule has 1 saturated heterocycles. The molecule has 0 aliphatic carbocycles. The van der Waals surface area contributed by atoms with E-state index < -0.39 is 0 Å². The van der Waals surface area contributed by atoms with E-state index in [4.69, 9.17) is 23.7 Å². The van der Waals surface area contributed by atoms with Crippen LogP contribution in [-0.2, 0) is 23.7 Å². The van der Waals surface area contributed by atoms with Crippen molar-refractivity contribution in [2.75, 3.05) is 34.0 Å². The Kier molecular flexibility index (Phi) is 6.71. The maximum Gasteiger partial charge on any atom is 0.137 e. The normalized spacial score (nSPS) is 34.0. The van der Waals surface area contributed by atoms with E-state index in [0.717, 1.165) is 4.90 Å². The Morgan fingerprint density at radius 2 is 1.75 bits per heavy atom. The van der Waals surface area contributed by atoms with Gasteiger partial charge in [-0.2, -0.15) is 0 Å². The molecule has 0 saturated carbocycles. The fourth-order valence-corrected chi connectivity index (χ4v) is 4.19. The lowest BCUT2D eigenvalue weighted by atomic mass is 9.99. The van der Waals surface area contributed by atoms with Crippen molar-refractivity contribution in [1.29, 1.82) is 0 Å². The number of thioether (sulfide) groups is 1. The number of ether oxygens (including phenoxy) is 5. The maximum atomic E-state index is 6.30. The number of hydrogen-bond acceptors (Lipinski definition) is 6. The molecule has 2 heterocycles. The van der Waals surface area contributed by atoms with Gasteiger partial charge in [0.25, 0.3) is 0 Å². The molecule has 24 heavy (non-hydrogen) atoms. The number of hydrogen-bond donors (Lipinski definition) is 0. The zero-order valence-corrected chi connectivity index (χ0v) is 14.8. The van der Waals surface area contributed by atoms with Gasteiger partial charge in [0.15, 0.2) is 0 Å². The van der Waals surface area contributed by atoms with Gasteiger partial charge >= 0.3 is 0 Å². The zero-order valence-electron chi connectivity index (χ0n) is 14.0. The predicted octanol–water partition coefficient (Wildman–Crippen LogP) is 2.51. The maximum absolute atomic E-state index is 6.30. The Balaban J connectivity index is 1.79. The monoisotopic (exact) mass is 352 g/mol. The lowest BCUT2D eigenvalue weighted by molar-refractivity contribution is -0.232. The fourth-order valence-electron chi connectivity index (χ4n) is 3.01. The smallest absolute Gasteiger partial charge is 0.137 e. The number of fused-ring (bicyclic) bond motifs is 1. The first-order valence-corrected chi connectivity index (χ1v) is 8.98. The molecule has 1 aromatic rings. The van der Waals surface area contributed by atoms with Gasteiger partial charge in [0.1, 0.15) is 29.9 Å².